The molecule has 0 aliphatic carbocycles. The number of nitrogens with zero attached hydrogens (tertiary/aromatic N) is 4. The monoisotopic (exact) mass is 277 g/mol. The first-order valence-electron chi connectivity index (χ1n) is 4.72. The highest BCUT2D eigenvalue weighted by Gasteiger charge is 2.33. The number of rotatable bonds is 2. The van der Waals surface area contributed by atoms with Crippen molar-refractivity contribution in [3.05, 3.63) is 29.4 Å². The molecule has 0 aromatic carbocycles. The number of aromatic nitrogens is 4. The second kappa shape index (κ2) is 4.45. The first-order valence-corrected chi connectivity index (χ1v) is 5.10. The molecule has 0 amide bonds. The molecule has 2 heterocycles. The summed E-state index contributed by atoms with van der Waals surface area (Å²) in [6.45, 7) is 0. The van der Waals surface area contributed by atoms with Gasteiger partial charge in [-0.25, -0.2) is 9.97 Å². The van der Waals surface area contributed by atoms with Gasteiger partial charge in [-0.3, -0.25) is 4.68 Å². The maximum atomic E-state index is 12.5. The molecule has 0 aliphatic heterocycles. The number of alkyl halides is 3. The molecule has 0 aliphatic rings. The van der Waals surface area contributed by atoms with E-state index in [9.17, 15) is 13.2 Å². The van der Waals surface area contributed by atoms with Crippen LogP contribution in [0, 0.1) is 0 Å². The molecule has 0 unspecified atom stereocenters. The zero-order valence-electron chi connectivity index (χ0n) is 9.03. The Balaban J connectivity index is 2.31. The van der Waals surface area contributed by atoms with E-state index in [-0.39, 0.29) is 5.82 Å². The van der Waals surface area contributed by atoms with Gasteiger partial charge in [0.25, 0.3) is 0 Å². The lowest BCUT2D eigenvalue weighted by Crippen LogP contribution is -2.10. The Kier molecular flexibility index (Phi) is 3.12. The molecule has 0 saturated heterocycles. The summed E-state index contributed by atoms with van der Waals surface area (Å²) in [5, 5.41) is 6.05. The number of hydrogen-bond acceptors (Lipinski definition) is 4. The minimum Gasteiger partial charge on any atom is -0.338 e. The first kappa shape index (κ1) is 12.6. The predicted octanol–water partition coefficient (Wildman–Crippen LogP) is 2.63. The van der Waals surface area contributed by atoms with Crippen molar-refractivity contribution in [1.29, 1.82) is 0 Å². The van der Waals surface area contributed by atoms with Crippen molar-refractivity contribution in [1.82, 2.24) is 19.7 Å². The second-order valence-corrected chi connectivity index (χ2v) is 3.77. The lowest BCUT2D eigenvalue weighted by Gasteiger charge is -2.08. The highest BCUT2D eigenvalue weighted by molar-refractivity contribution is 6.28. The number of nitrogens with one attached hydrogen (secondary N) is 1. The van der Waals surface area contributed by atoms with Crippen LogP contribution in [0.5, 0.6) is 0 Å². The van der Waals surface area contributed by atoms with E-state index < -0.39 is 17.2 Å². The lowest BCUT2D eigenvalue weighted by molar-refractivity contribution is -0.141. The van der Waals surface area contributed by atoms with Gasteiger partial charge in [0.15, 0.2) is 5.69 Å². The van der Waals surface area contributed by atoms with Crippen LogP contribution in [0.4, 0.5) is 24.7 Å². The molecule has 0 atom stereocenters. The van der Waals surface area contributed by atoms with Crippen LogP contribution in [-0.4, -0.2) is 19.7 Å². The number of aryl methyl sites for hydroxylation is 1. The van der Waals surface area contributed by atoms with Crippen LogP contribution in [-0.2, 0) is 13.2 Å². The van der Waals surface area contributed by atoms with Gasteiger partial charge in [-0.2, -0.15) is 18.3 Å². The average molecular weight is 278 g/mol. The fraction of sp³-hybridized carbons (Fsp3) is 0.222. The van der Waals surface area contributed by atoms with E-state index in [4.69, 9.17) is 11.6 Å². The Morgan fingerprint density at radius 1 is 1.33 bits per heavy atom. The van der Waals surface area contributed by atoms with Crippen molar-refractivity contribution in [2.24, 2.45) is 7.05 Å². The summed E-state index contributed by atoms with van der Waals surface area (Å²) in [4.78, 5) is 6.78. The molecule has 5 nitrogen and oxygen atoms in total. The molecule has 2 aromatic heterocycles. The molecular formula is C9H7ClF3N5. The molecule has 2 aromatic rings. The topological polar surface area (TPSA) is 55.6 Å². The summed E-state index contributed by atoms with van der Waals surface area (Å²) < 4.78 is 39.0. The van der Waals surface area contributed by atoms with E-state index in [0.29, 0.717) is 5.69 Å². The van der Waals surface area contributed by atoms with Crippen molar-refractivity contribution >= 4 is 23.1 Å². The van der Waals surface area contributed by atoms with E-state index in [1.807, 2.05) is 0 Å². The Morgan fingerprint density at radius 2 is 2.06 bits per heavy atom. The summed E-state index contributed by atoms with van der Waals surface area (Å²) in [5.41, 5.74) is -0.603. The smallest absolute Gasteiger partial charge is 0.338 e. The van der Waals surface area contributed by atoms with Gasteiger partial charge in [0.2, 0.25) is 5.28 Å². The minimum absolute atomic E-state index is 0.0460. The predicted molar refractivity (Wildman–Crippen MR) is 58.5 cm³/mol. The molecule has 9 heteroatoms. The van der Waals surface area contributed by atoms with Gasteiger partial charge in [-0.15, -0.1) is 0 Å². The van der Waals surface area contributed by atoms with Crippen molar-refractivity contribution in [2.75, 3.05) is 5.32 Å². The van der Waals surface area contributed by atoms with Crippen LogP contribution in [0.2, 0.25) is 5.28 Å². The molecule has 18 heavy (non-hydrogen) atoms. The van der Waals surface area contributed by atoms with Crippen molar-refractivity contribution in [3.63, 3.8) is 0 Å². The number of anilines is 2. The quantitative estimate of drug-likeness (QED) is 0.858. The molecule has 0 bridgehead atoms. The van der Waals surface area contributed by atoms with E-state index in [2.05, 4.69) is 20.4 Å². The normalized spacial score (nSPS) is 11.6. The summed E-state index contributed by atoms with van der Waals surface area (Å²) in [5.74, 6) is -0.0460. The number of hydrogen-bond donors (Lipinski definition) is 1. The van der Waals surface area contributed by atoms with Crippen LogP contribution in [0.1, 0.15) is 5.69 Å². The van der Waals surface area contributed by atoms with Gasteiger partial charge in [-0.05, 0) is 11.6 Å². The van der Waals surface area contributed by atoms with Gasteiger partial charge in [0.1, 0.15) is 5.82 Å². The van der Waals surface area contributed by atoms with Crippen molar-refractivity contribution in [2.45, 2.75) is 6.18 Å². The summed E-state index contributed by atoms with van der Waals surface area (Å²) in [6, 6.07) is 0.777. The fourth-order valence-electron chi connectivity index (χ4n) is 1.26. The third kappa shape index (κ3) is 2.89. The van der Waals surface area contributed by atoms with Crippen molar-refractivity contribution < 1.29 is 13.2 Å². The van der Waals surface area contributed by atoms with Crippen LogP contribution >= 0.6 is 11.6 Å². The van der Waals surface area contributed by atoms with E-state index in [0.717, 1.165) is 6.07 Å². The van der Waals surface area contributed by atoms with Gasteiger partial charge in [0.05, 0.1) is 11.9 Å². The zero-order chi connectivity index (χ0) is 13.3. The Hall–Kier alpha value is -1.83. The van der Waals surface area contributed by atoms with Gasteiger partial charge in [0, 0.05) is 19.3 Å². The molecule has 2 rings (SSSR count). The maximum Gasteiger partial charge on any atom is 0.433 e. The fourth-order valence-corrected chi connectivity index (χ4v) is 1.44. The SMILES string of the molecule is Cn1cc(Nc2cc(C(F)(F)F)nc(Cl)n2)cn1. The standard InChI is InChI=1S/C9H7ClF3N5/c1-18-4-5(3-14-18)15-7-2-6(9(11,12)13)16-8(10)17-7/h2-4H,1H3,(H,15,16,17). The molecule has 0 radical (unpaired) electrons. The van der Waals surface area contributed by atoms with Crippen LogP contribution < -0.4 is 5.32 Å². The van der Waals surface area contributed by atoms with Gasteiger partial charge in [-0.1, -0.05) is 0 Å². The minimum atomic E-state index is -4.57. The summed E-state index contributed by atoms with van der Waals surface area (Å²) in [6.07, 6.45) is -1.54. The Morgan fingerprint density at radius 3 is 2.61 bits per heavy atom. The molecular weight excluding hydrogens is 271 g/mol. The van der Waals surface area contributed by atoms with Crippen molar-refractivity contribution in [3.8, 4) is 0 Å². The first-order chi connectivity index (χ1) is 8.34. The second-order valence-electron chi connectivity index (χ2n) is 3.43. The zero-order valence-corrected chi connectivity index (χ0v) is 9.79. The van der Waals surface area contributed by atoms with E-state index in [1.165, 1.54) is 10.9 Å². The molecule has 96 valence electrons. The highest BCUT2D eigenvalue weighted by atomic mass is 35.5. The molecule has 0 fully saturated rings. The van der Waals surface area contributed by atoms with Crippen LogP contribution in [0.25, 0.3) is 0 Å². The summed E-state index contributed by atoms with van der Waals surface area (Å²) >= 11 is 5.44. The van der Waals surface area contributed by atoms with E-state index >= 15 is 0 Å². The molecule has 0 saturated carbocycles. The van der Waals surface area contributed by atoms with E-state index in [1.54, 1.807) is 13.2 Å². The third-order valence-electron chi connectivity index (χ3n) is 1.97. The Labute approximate surface area is 105 Å². The average Bonchev–Trinajstić information content (AvgIpc) is 2.61. The van der Waals surface area contributed by atoms with Crippen LogP contribution in [0.3, 0.4) is 0 Å². The largest absolute Gasteiger partial charge is 0.433 e. The van der Waals surface area contributed by atoms with Gasteiger partial charge < -0.3 is 5.32 Å². The highest BCUT2D eigenvalue weighted by Crippen LogP contribution is 2.30. The molecule has 0 spiro atoms. The van der Waals surface area contributed by atoms with Crippen LogP contribution in [0.15, 0.2) is 18.5 Å². The van der Waals surface area contributed by atoms with Gasteiger partial charge >= 0.3 is 6.18 Å². The summed E-state index contributed by atoms with van der Waals surface area (Å²) in [7, 11) is 1.68. The molecule has 1 N–H and O–H groups in total. The third-order valence-corrected chi connectivity index (χ3v) is 2.14. The Bertz CT molecular complexity index is 566. The lowest BCUT2D eigenvalue weighted by atomic mass is 10.4. The number of halogens is 4. The maximum absolute atomic E-state index is 12.5.